The molecule has 2 fully saturated rings. The maximum absolute atomic E-state index is 12.9. The van der Waals surface area contributed by atoms with Crippen molar-refractivity contribution in [2.75, 3.05) is 38.8 Å². The molecule has 2 aliphatic rings. The van der Waals surface area contributed by atoms with Crippen molar-refractivity contribution in [2.24, 2.45) is 0 Å². The van der Waals surface area contributed by atoms with Gasteiger partial charge in [-0.05, 0) is 43.5 Å². The number of ether oxygens (including phenoxy) is 2. The lowest BCUT2D eigenvalue weighted by Crippen LogP contribution is -2.47. The Hall–Kier alpha value is -2.60. The van der Waals surface area contributed by atoms with Gasteiger partial charge in [-0.2, -0.15) is 0 Å². The van der Waals surface area contributed by atoms with E-state index in [0.29, 0.717) is 30.6 Å². The largest absolute Gasteiger partial charge is 0.480 e. The first-order valence-electron chi connectivity index (χ1n) is 9.82. The molecule has 0 N–H and O–H groups in total. The molecule has 1 amide bonds. The fourth-order valence-corrected chi connectivity index (χ4v) is 4.30. The molecule has 4 rings (SSSR count). The number of rotatable bonds is 4. The number of hydrogen-bond donors (Lipinski definition) is 0. The number of hydrogen-bond acceptors (Lipinski definition) is 5. The first kappa shape index (κ1) is 18.7. The van der Waals surface area contributed by atoms with Crippen LogP contribution in [0.3, 0.4) is 0 Å². The van der Waals surface area contributed by atoms with Gasteiger partial charge in [0.05, 0.1) is 25.4 Å². The molecule has 1 spiro atoms. The Morgan fingerprint density at radius 2 is 1.96 bits per heavy atom. The zero-order valence-electron chi connectivity index (χ0n) is 16.5. The number of carbonyl (C=O) groups is 1. The van der Waals surface area contributed by atoms with Crippen LogP contribution in [0.25, 0.3) is 0 Å². The molecule has 6 nitrogen and oxygen atoms in total. The zero-order valence-corrected chi connectivity index (χ0v) is 16.5. The van der Waals surface area contributed by atoms with Gasteiger partial charge in [0, 0.05) is 32.0 Å². The number of para-hydroxylation sites is 1. The van der Waals surface area contributed by atoms with Crippen LogP contribution in [0, 0.1) is 0 Å². The number of benzene rings is 1. The Morgan fingerprint density at radius 3 is 2.68 bits per heavy atom. The maximum Gasteiger partial charge on any atom is 0.259 e. The molecule has 1 aromatic carbocycles. The van der Waals surface area contributed by atoms with Crippen LogP contribution in [0.2, 0.25) is 0 Å². The van der Waals surface area contributed by atoms with Crippen molar-refractivity contribution in [3.63, 3.8) is 0 Å². The number of piperidine rings is 1. The fourth-order valence-electron chi connectivity index (χ4n) is 4.30. The molecule has 0 radical (unpaired) electrons. The lowest BCUT2D eigenvalue weighted by molar-refractivity contribution is -0.0389. The summed E-state index contributed by atoms with van der Waals surface area (Å²) in [5, 5.41) is 0. The van der Waals surface area contributed by atoms with Gasteiger partial charge in [0.2, 0.25) is 5.88 Å². The van der Waals surface area contributed by atoms with E-state index in [4.69, 9.17) is 9.47 Å². The Balaban J connectivity index is 1.38. The van der Waals surface area contributed by atoms with Crippen LogP contribution in [-0.2, 0) is 4.74 Å². The molecular formula is C22H27N3O3. The second-order valence-corrected chi connectivity index (χ2v) is 7.65. The molecule has 0 aliphatic carbocycles. The smallest absolute Gasteiger partial charge is 0.259 e. The Morgan fingerprint density at radius 1 is 1.21 bits per heavy atom. The highest BCUT2D eigenvalue weighted by Gasteiger charge is 2.44. The first-order valence-corrected chi connectivity index (χ1v) is 9.82. The third-order valence-electron chi connectivity index (χ3n) is 6.06. The summed E-state index contributed by atoms with van der Waals surface area (Å²) < 4.78 is 11.5. The van der Waals surface area contributed by atoms with Crippen molar-refractivity contribution in [3.05, 3.63) is 54.2 Å². The van der Waals surface area contributed by atoms with Gasteiger partial charge in [0.1, 0.15) is 5.56 Å². The molecule has 2 aliphatic heterocycles. The molecule has 2 aromatic rings. The minimum absolute atomic E-state index is 0.0178. The first-order chi connectivity index (χ1) is 13.6. The highest BCUT2D eigenvalue weighted by Crippen LogP contribution is 2.38. The van der Waals surface area contributed by atoms with Crippen molar-refractivity contribution in [1.82, 2.24) is 9.88 Å². The highest BCUT2D eigenvalue weighted by atomic mass is 16.5. The summed E-state index contributed by atoms with van der Waals surface area (Å²) in [4.78, 5) is 21.2. The predicted octanol–water partition coefficient (Wildman–Crippen LogP) is 2.99. The summed E-state index contributed by atoms with van der Waals surface area (Å²) >= 11 is 0. The number of likely N-dealkylation sites (N-methyl/N-ethyl adjacent to an activating group) is 1. The Kier molecular flexibility index (Phi) is 5.22. The molecule has 6 heteroatoms. The average molecular weight is 381 g/mol. The zero-order chi connectivity index (χ0) is 19.6. The number of anilines is 1. The van der Waals surface area contributed by atoms with E-state index >= 15 is 0 Å². The fraction of sp³-hybridized carbons (Fsp3) is 0.455. The minimum atomic E-state index is -0.122. The van der Waals surface area contributed by atoms with Gasteiger partial charge < -0.3 is 19.3 Å². The summed E-state index contributed by atoms with van der Waals surface area (Å²) in [6.45, 7) is 2.12. The summed E-state index contributed by atoms with van der Waals surface area (Å²) in [6.07, 6.45) is 4.36. The lowest BCUT2D eigenvalue weighted by atomic mass is 9.87. The van der Waals surface area contributed by atoms with E-state index in [0.717, 1.165) is 25.9 Å². The van der Waals surface area contributed by atoms with Crippen molar-refractivity contribution in [3.8, 4) is 5.88 Å². The molecule has 3 heterocycles. The number of carbonyl (C=O) groups excluding carboxylic acids is 1. The monoisotopic (exact) mass is 381 g/mol. The molecule has 28 heavy (non-hydrogen) atoms. The molecule has 148 valence electrons. The summed E-state index contributed by atoms with van der Waals surface area (Å²) in [7, 11) is 3.68. The van der Waals surface area contributed by atoms with Crippen LogP contribution in [0.5, 0.6) is 5.88 Å². The SMILES string of the molecule is COc1ncccc1C(=O)N1CCC2(CC1)C[C@@H](N(C)c1ccccc1)CO2. The molecule has 2 saturated heterocycles. The van der Waals surface area contributed by atoms with Crippen molar-refractivity contribution < 1.29 is 14.3 Å². The molecule has 0 bridgehead atoms. The van der Waals surface area contributed by atoms with E-state index in [1.54, 1.807) is 25.4 Å². The Bertz CT molecular complexity index is 819. The van der Waals surface area contributed by atoms with Crippen LogP contribution in [0.4, 0.5) is 5.69 Å². The van der Waals surface area contributed by atoms with E-state index in [1.807, 2.05) is 11.0 Å². The van der Waals surface area contributed by atoms with Crippen LogP contribution in [-0.4, -0.2) is 61.3 Å². The van der Waals surface area contributed by atoms with Crippen LogP contribution in [0.1, 0.15) is 29.6 Å². The molecule has 0 saturated carbocycles. The normalized spacial score (nSPS) is 20.9. The molecule has 0 unspecified atom stereocenters. The quantitative estimate of drug-likeness (QED) is 0.815. The van der Waals surface area contributed by atoms with E-state index in [1.165, 1.54) is 5.69 Å². The topological polar surface area (TPSA) is 54.9 Å². The standard InChI is InChI=1S/C22H27N3O3/c1-24(17-7-4-3-5-8-17)18-15-22(28-16-18)10-13-25(14-11-22)21(26)19-9-6-12-23-20(19)27-2/h3-9,12,18H,10-11,13-16H2,1-2H3/t18-/m1/s1. The number of methoxy groups -OCH3 is 1. The summed E-state index contributed by atoms with van der Waals surface area (Å²) in [5.41, 5.74) is 1.61. The van der Waals surface area contributed by atoms with E-state index in [9.17, 15) is 4.79 Å². The van der Waals surface area contributed by atoms with Crippen LogP contribution < -0.4 is 9.64 Å². The van der Waals surface area contributed by atoms with Gasteiger partial charge in [0.15, 0.2) is 0 Å². The maximum atomic E-state index is 12.9. The van der Waals surface area contributed by atoms with Gasteiger partial charge >= 0.3 is 0 Å². The summed E-state index contributed by atoms with van der Waals surface area (Å²) in [5.74, 6) is 0.366. The van der Waals surface area contributed by atoms with Gasteiger partial charge in [-0.3, -0.25) is 4.79 Å². The third kappa shape index (κ3) is 3.56. The van der Waals surface area contributed by atoms with Crippen molar-refractivity contribution in [1.29, 1.82) is 0 Å². The number of nitrogens with zero attached hydrogens (tertiary/aromatic N) is 3. The van der Waals surface area contributed by atoms with Gasteiger partial charge in [0.25, 0.3) is 5.91 Å². The number of amides is 1. The number of likely N-dealkylation sites (tertiary alicyclic amines) is 1. The van der Waals surface area contributed by atoms with E-state index < -0.39 is 0 Å². The molecular weight excluding hydrogens is 354 g/mol. The average Bonchev–Trinajstić information content (AvgIpc) is 3.17. The van der Waals surface area contributed by atoms with Crippen LogP contribution in [0.15, 0.2) is 48.7 Å². The Labute approximate surface area is 166 Å². The van der Waals surface area contributed by atoms with E-state index in [-0.39, 0.29) is 11.5 Å². The number of pyridine rings is 1. The van der Waals surface area contributed by atoms with Gasteiger partial charge in [-0.1, -0.05) is 18.2 Å². The van der Waals surface area contributed by atoms with Gasteiger partial charge in [-0.15, -0.1) is 0 Å². The predicted molar refractivity (Wildman–Crippen MR) is 108 cm³/mol. The van der Waals surface area contributed by atoms with Gasteiger partial charge in [-0.25, -0.2) is 4.98 Å². The molecule has 1 aromatic heterocycles. The van der Waals surface area contributed by atoms with E-state index in [2.05, 4.69) is 41.2 Å². The minimum Gasteiger partial charge on any atom is -0.480 e. The van der Waals surface area contributed by atoms with Crippen molar-refractivity contribution >= 4 is 11.6 Å². The second-order valence-electron chi connectivity index (χ2n) is 7.65. The second kappa shape index (κ2) is 7.80. The number of aromatic nitrogens is 1. The third-order valence-corrected chi connectivity index (χ3v) is 6.06. The van der Waals surface area contributed by atoms with Crippen molar-refractivity contribution in [2.45, 2.75) is 30.9 Å². The molecule has 1 atom stereocenters. The summed E-state index contributed by atoms with van der Waals surface area (Å²) in [6, 6.07) is 14.3. The lowest BCUT2D eigenvalue weighted by Gasteiger charge is -2.39. The van der Waals surface area contributed by atoms with Crippen LogP contribution >= 0.6 is 0 Å². The highest BCUT2D eigenvalue weighted by molar-refractivity contribution is 5.96.